The third kappa shape index (κ3) is 4.60. The summed E-state index contributed by atoms with van der Waals surface area (Å²) in [7, 11) is 3.05. The van der Waals surface area contributed by atoms with E-state index in [1.807, 2.05) is 0 Å². The number of carboxylic acids is 1. The first kappa shape index (κ1) is 18.1. The molecule has 2 aromatic rings. The van der Waals surface area contributed by atoms with Crippen molar-refractivity contribution in [1.82, 2.24) is 9.88 Å². The number of nitrogens with zero attached hydrogens (tertiary/aromatic N) is 1. The third-order valence-electron chi connectivity index (χ3n) is 3.48. The summed E-state index contributed by atoms with van der Waals surface area (Å²) in [5.41, 5.74) is 0.274. The molecule has 0 bridgehead atoms. The highest BCUT2D eigenvalue weighted by Gasteiger charge is 2.10. The van der Waals surface area contributed by atoms with Crippen LogP contribution in [0, 0.1) is 0 Å². The molecule has 0 aliphatic carbocycles. The largest absolute Gasteiger partial charge is 0.493 e. The van der Waals surface area contributed by atoms with Crippen molar-refractivity contribution in [2.24, 2.45) is 0 Å². The Morgan fingerprint density at radius 2 is 1.84 bits per heavy atom. The van der Waals surface area contributed by atoms with Gasteiger partial charge in [0.2, 0.25) is 5.91 Å². The monoisotopic (exact) mass is 346 g/mol. The molecule has 1 aromatic heterocycles. The van der Waals surface area contributed by atoms with E-state index in [1.54, 1.807) is 18.2 Å². The Bertz CT molecular complexity index is 843. The number of carbonyl (C=O) groups excluding carboxylic acids is 1. The summed E-state index contributed by atoms with van der Waals surface area (Å²) in [4.78, 5) is 34.7. The van der Waals surface area contributed by atoms with Gasteiger partial charge < -0.3 is 24.5 Å². The summed E-state index contributed by atoms with van der Waals surface area (Å²) in [6.45, 7) is -0.0419. The number of ether oxygens (including phenoxy) is 2. The Labute approximate surface area is 143 Å². The standard InChI is InChI=1S/C17H18N2O6/c1-24-13-5-3-11(7-14(13)25-2)8-18-15(20)10-19-9-12(17(22)23)4-6-16(19)21/h3-7,9H,8,10H2,1-2H3,(H,18,20)(H,22,23). The van der Waals surface area contributed by atoms with Crippen molar-refractivity contribution in [2.75, 3.05) is 14.2 Å². The number of benzene rings is 1. The maximum absolute atomic E-state index is 12.0. The van der Waals surface area contributed by atoms with Gasteiger partial charge in [0.25, 0.3) is 5.56 Å². The number of rotatable bonds is 7. The highest BCUT2D eigenvalue weighted by atomic mass is 16.5. The van der Waals surface area contributed by atoms with E-state index in [1.165, 1.54) is 20.3 Å². The molecule has 2 N–H and O–H groups in total. The van der Waals surface area contributed by atoms with E-state index >= 15 is 0 Å². The van der Waals surface area contributed by atoms with Crippen LogP contribution in [-0.4, -0.2) is 35.8 Å². The molecule has 0 radical (unpaired) electrons. The van der Waals surface area contributed by atoms with Gasteiger partial charge in [-0.05, 0) is 23.8 Å². The molecule has 132 valence electrons. The summed E-state index contributed by atoms with van der Waals surface area (Å²) < 4.78 is 11.4. The van der Waals surface area contributed by atoms with E-state index < -0.39 is 17.4 Å². The molecule has 0 fully saturated rings. The Morgan fingerprint density at radius 1 is 1.12 bits per heavy atom. The smallest absolute Gasteiger partial charge is 0.337 e. The van der Waals surface area contributed by atoms with E-state index in [0.717, 1.165) is 22.4 Å². The number of hydrogen-bond acceptors (Lipinski definition) is 5. The first-order valence-corrected chi connectivity index (χ1v) is 7.36. The van der Waals surface area contributed by atoms with Crippen LogP contribution in [0.15, 0.2) is 41.3 Å². The van der Waals surface area contributed by atoms with Crippen LogP contribution in [0.25, 0.3) is 0 Å². The molecule has 8 nitrogen and oxygen atoms in total. The minimum atomic E-state index is -1.17. The van der Waals surface area contributed by atoms with Gasteiger partial charge in [-0.1, -0.05) is 6.07 Å². The first-order valence-electron chi connectivity index (χ1n) is 7.36. The quantitative estimate of drug-likeness (QED) is 0.771. The van der Waals surface area contributed by atoms with Crippen molar-refractivity contribution >= 4 is 11.9 Å². The lowest BCUT2D eigenvalue weighted by Crippen LogP contribution is -2.32. The molecular formula is C17H18N2O6. The van der Waals surface area contributed by atoms with Crippen molar-refractivity contribution in [3.8, 4) is 11.5 Å². The zero-order chi connectivity index (χ0) is 18.4. The maximum Gasteiger partial charge on any atom is 0.337 e. The molecular weight excluding hydrogens is 328 g/mol. The lowest BCUT2D eigenvalue weighted by atomic mass is 10.2. The zero-order valence-electron chi connectivity index (χ0n) is 13.8. The summed E-state index contributed by atoms with van der Waals surface area (Å²) in [5, 5.41) is 11.6. The Hall–Kier alpha value is -3.29. The van der Waals surface area contributed by atoms with Gasteiger partial charge >= 0.3 is 5.97 Å². The van der Waals surface area contributed by atoms with E-state index in [-0.39, 0.29) is 18.7 Å². The molecule has 0 aliphatic rings. The number of amides is 1. The molecule has 25 heavy (non-hydrogen) atoms. The number of nitrogens with one attached hydrogen (secondary N) is 1. The topological polar surface area (TPSA) is 107 Å². The minimum absolute atomic E-state index is 0.0627. The second kappa shape index (κ2) is 8.00. The average molecular weight is 346 g/mol. The molecule has 0 saturated heterocycles. The van der Waals surface area contributed by atoms with Crippen molar-refractivity contribution in [1.29, 1.82) is 0 Å². The minimum Gasteiger partial charge on any atom is -0.493 e. The number of methoxy groups -OCH3 is 2. The Balaban J connectivity index is 2.03. The van der Waals surface area contributed by atoms with Gasteiger partial charge in [-0.25, -0.2) is 4.79 Å². The highest BCUT2D eigenvalue weighted by molar-refractivity contribution is 5.87. The van der Waals surface area contributed by atoms with E-state index in [4.69, 9.17) is 14.6 Å². The van der Waals surface area contributed by atoms with Crippen molar-refractivity contribution < 1.29 is 24.2 Å². The number of hydrogen-bond donors (Lipinski definition) is 2. The number of pyridine rings is 1. The SMILES string of the molecule is COc1ccc(CNC(=O)Cn2cc(C(=O)O)ccc2=O)cc1OC. The third-order valence-corrected chi connectivity index (χ3v) is 3.48. The Kier molecular flexibility index (Phi) is 5.78. The molecule has 0 atom stereocenters. The fourth-order valence-electron chi connectivity index (χ4n) is 2.18. The van der Waals surface area contributed by atoms with Crippen molar-refractivity contribution in [3.05, 3.63) is 58.0 Å². The van der Waals surface area contributed by atoms with Crippen LogP contribution in [0.4, 0.5) is 0 Å². The summed E-state index contributed by atoms with van der Waals surface area (Å²) in [5.74, 6) is -0.465. The van der Waals surface area contributed by atoms with Gasteiger partial charge in [0.1, 0.15) is 6.54 Å². The van der Waals surface area contributed by atoms with Crippen LogP contribution < -0.4 is 20.3 Å². The maximum atomic E-state index is 12.0. The van der Waals surface area contributed by atoms with Crippen LogP contribution in [0.1, 0.15) is 15.9 Å². The second-order valence-corrected chi connectivity index (χ2v) is 5.16. The van der Waals surface area contributed by atoms with Crippen molar-refractivity contribution in [2.45, 2.75) is 13.1 Å². The molecule has 0 aliphatic heterocycles. The number of carboxylic acid groups (broad SMARTS) is 1. The van der Waals surface area contributed by atoms with Gasteiger partial charge in [0.15, 0.2) is 11.5 Å². The second-order valence-electron chi connectivity index (χ2n) is 5.16. The number of aromatic carboxylic acids is 1. The van der Waals surface area contributed by atoms with Gasteiger partial charge in [0.05, 0.1) is 19.8 Å². The lowest BCUT2D eigenvalue weighted by Gasteiger charge is -2.11. The van der Waals surface area contributed by atoms with Crippen LogP contribution in [0.5, 0.6) is 11.5 Å². The molecule has 1 aromatic carbocycles. The fraction of sp³-hybridized carbons (Fsp3) is 0.235. The van der Waals surface area contributed by atoms with Crippen LogP contribution >= 0.6 is 0 Å². The van der Waals surface area contributed by atoms with Gasteiger partial charge in [-0.15, -0.1) is 0 Å². The van der Waals surface area contributed by atoms with E-state index in [2.05, 4.69) is 5.32 Å². The zero-order valence-corrected chi connectivity index (χ0v) is 13.8. The Morgan fingerprint density at radius 3 is 2.48 bits per heavy atom. The van der Waals surface area contributed by atoms with Gasteiger partial charge in [0, 0.05) is 18.8 Å². The van der Waals surface area contributed by atoms with Crippen LogP contribution in [0.3, 0.4) is 0 Å². The van der Waals surface area contributed by atoms with E-state index in [0.29, 0.717) is 11.5 Å². The molecule has 0 saturated carbocycles. The van der Waals surface area contributed by atoms with Crippen molar-refractivity contribution in [3.63, 3.8) is 0 Å². The first-order chi connectivity index (χ1) is 11.9. The molecule has 0 unspecified atom stereocenters. The average Bonchev–Trinajstić information content (AvgIpc) is 2.61. The summed E-state index contributed by atoms with van der Waals surface area (Å²) in [6.07, 6.45) is 1.14. The number of carbonyl (C=O) groups is 2. The van der Waals surface area contributed by atoms with E-state index in [9.17, 15) is 14.4 Å². The highest BCUT2D eigenvalue weighted by Crippen LogP contribution is 2.27. The molecule has 0 spiro atoms. The fourth-order valence-corrected chi connectivity index (χ4v) is 2.18. The lowest BCUT2D eigenvalue weighted by molar-refractivity contribution is -0.121. The normalized spacial score (nSPS) is 10.2. The molecule has 2 rings (SSSR count). The van der Waals surface area contributed by atoms with Crippen LogP contribution in [0.2, 0.25) is 0 Å². The molecule has 8 heteroatoms. The summed E-state index contributed by atoms with van der Waals surface area (Å²) >= 11 is 0. The molecule has 1 amide bonds. The number of aromatic nitrogens is 1. The molecule has 1 heterocycles. The van der Waals surface area contributed by atoms with Crippen LogP contribution in [-0.2, 0) is 17.9 Å². The summed E-state index contributed by atoms with van der Waals surface area (Å²) in [6, 6.07) is 7.55. The predicted octanol–water partition coefficient (Wildman–Crippen LogP) is 0.880. The predicted molar refractivity (Wildman–Crippen MR) is 89.1 cm³/mol. The van der Waals surface area contributed by atoms with Gasteiger partial charge in [-0.2, -0.15) is 0 Å². The van der Waals surface area contributed by atoms with Gasteiger partial charge in [-0.3, -0.25) is 9.59 Å².